The van der Waals surface area contributed by atoms with Crippen LogP contribution in [0.25, 0.3) is 0 Å². The fraction of sp³-hybridized carbons (Fsp3) is 0.579. The van der Waals surface area contributed by atoms with Crippen LogP contribution in [0, 0.1) is 0 Å². The average molecular weight is 381 g/mol. The quantitative estimate of drug-likeness (QED) is 0.293. The summed E-state index contributed by atoms with van der Waals surface area (Å²) in [7, 11) is 0. The molecular weight excluding hydrogens is 352 g/mol. The predicted molar refractivity (Wildman–Crippen MR) is 102 cm³/mol. The summed E-state index contributed by atoms with van der Waals surface area (Å²) in [5, 5.41) is 4.18. The Morgan fingerprint density at radius 3 is 2.39 bits per heavy atom. The summed E-state index contributed by atoms with van der Waals surface area (Å²) >= 11 is 3.44. The zero-order valence-electron chi connectivity index (χ0n) is 14.4. The van der Waals surface area contributed by atoms with E-state index in [-0.39, 0.29) is 5.91 Å². The van der Waals surface area contributed by atoms with E-state index >= 15 is 0 Å². The number of amides is 1. The first-order valence-electron chi connectivity index (χ1n) is 8.72. The number of nitrogens with one attached hydrogen (secondary N) is 1. The van der Waals surface area contributed by atoms with Crippen LogP contribution < -0.4 is 5.43 Å². The Hall–Kier alpha value is -1.16. The molecule has 0 saturated heterocycles. The van der Waals surface area contributed by atoms with E-state index in [0.29, 0.717) is 6.42 Å². The third-order valence-corrected chi connectivity index (χ3v) is 4.34. The lowest BCUT2D eigenvalue weighted by molar-refractivity contribution is -0.121. The molecule has 0 spiro atoms. The Kier molecular flexibility index (Phi) is 10.6. The molecule has 0 aliphatic carbocycles. The Morgan fingerprint density at radius 1 is 1.09 bits per heavy atom. The zero-order valence-corrected chi connectivity index (χ0v) is 16.0. The highest BCUT2D eigenvalue weighted by Gasteiger charge is 2.02. The van der Waals surface area contributed by atoms with E-state index in [1.54, 1.807) is 0 Å². The molecule has 0 atom stereocenters. The van der Waals surface area contributed by atoms with Gasteiger partial charge >= 0.3 is 0 Å². The SMILES string of the molecule is CCCCCCCCCCC(=O)N/N=C(\C)c1cccc(Br)c1. The molecule has 4 heteroatoms. The maximum atomic E-state index is 11.8. The molecule has 3 nitrogen and oxygen atoms in total. The van der Waals surface area contributed by atoms with Gasteiger partial charge in [0.1, 0.15) is 0 Å². The van der Waals surface area contributed by atoms with E-state index in [4.69, 9.17) is 0 Å². The van der Waals surface area contributed by atoms with E-state index in [2.05, 4.69) is 33.4 Å². The van der Waals surface area contributed by atoms with E-state index < -0.39 is 0 Å². The Bertz CT molecular complexity index is 500. The van der Waals surface area contributed by atoms with Gasteiger partial charge in [0.2, 0.25) is 5.91 Å². The number of halogens is 1. The number of unbranched alkanes of at least 4 members (excludes halogenated alkanes) is 7. The molecule has 1 amide bonds. The number of hydrogen-bond donors (Lipinski definition) is 1. The number of nitrogens with zero attached hydrogens (tertiary/aromatic N) is 1. The number of benzene rings is 1. The fourth-order valence-corrected chi connectivity index (χ4v) is 2.80. The van der Waals surface area contributed by atoms with Crippen molar-refractivity contribution >= 4 is 27.5 Å². The van der Waals surface area contributed by atoms with Gasteiger partial charge in [-0.3, -0.25) is 4.79 Å². The fourth-order valence-electron chi connectivity index (χ4n) is 2.40. The monoisotopic (exact) mass is 380 g/mol. The largest absolute Gasteiger partial charge is 0.273 e. The first-order chi connectivity index (χ1) is 11.1. The maximum absolute atomic E-state index is 11.8. The van der Waals surface area contributed by atoms with Crippen LogP contribution in [0.3, 0.4) is 0 Å². The molecule has 0 heterocycles. The molecule has 0 saturated carbocycles. The van der Waals surface area contributed by atoms with Gasteiger partial charge in [0.15, 0.2) is 0 Å². The molecule has 0 aliphatic rings. The highest BCUT2D eigenvalue weighted by Crippen LogP contribution is 2.12. The summed E-state index contributed by atoms with van der Waals surface area (Å²) in [6.07, 6.45) is 10.5. The van der Waals surface area contributed by atoms with Crippen molar-refractivity contribution in [3.8, 4) is 0 Å². The summed E-state index contributed by atoms with van der Waals surface area (Å²) in [5.41, 5.74) is 4.47. The van der Waals surface area contributed by atoms with Crippen LogP contribution in [0.5, 0.6) is 0 Å². The topological polar surface area (TPSA) is 41.5 Å². The number of rotatable bonds is 11. The van der Waals surface area contributed by atoms with Gasteiger partial charge in [-0.25, -0.2) is 5.43 Å². The van der Waals surface area contributed by atoms with Crippen LogP contribution in [-0.2, 0) is 4.79 Å². The molecule has 0 aliphatic heterocycles. The number of carbonyl (C=O) groups is 1. The summed E-state index contributed by atoms with van der Waals surface area (Å²) in [6.45, 7) is 4.14. The lowest BCUT2D eigenvalue weighted by Gasteiger charge is -2.04. The highest BCUT2D eigenvalue weighted by molar-refractivity contribution is 9.10. The van der Waals surface area contributed by atoms with Crippen molar-refractivity contribution in [1.82, 2.24) is 5.43 Å². The second-order valence-corrected chi connectivity index (χ2v) is 6.88. The first kappa shape index (κ1) is 19.9. The van der Waals surface area contributed by atoms with Crippen molar-refractivity contribution in [2.45, 2.75) is 71.6 Å². The minimum absolute atomic E-state index is 0.00493. The molecule has 0 radical (unpaired) electrons. The third kappa shape index (κ3) is 9.54. The Balaban J connectivity index is 2.15. The lowest BCUT2D eigenvalue weighted by atomic mass is 10.1. The minimum atomic E-state index is 0.00493. The van der Waals surface area contributed by atoms with E-state index in [1.807, 2.05) is 31.2 Å². The minimum Gasteiger partial charge on any atom is -0.273 e. The zero-order chi connectivity index (χ0) is 16.9. The van der Waals surface area contributed by atoms with Crippen LogP contribution in [-0.4, -0.2) is 11.6 Å². The molecule has 128 valence electrons. The van der Waals surface area contributed by atoms with Crippen LogP contribution in [0.15, 0.2) is 33.8 Å². The van der Waals surface area contributed by atoms with Gasteiger partial charge in [0, 0.05) is 10.9 Å². The standard InChI is InChI=1S/C19H29BrN2O/c1-3-4-5-6-7-8-9-10-14-19(23)22-21-16(2)17-12-11-13-18(20)15-17/h11-13,15H,3-10,14H2,1-2H3,(H,22,23)/b21-16+. The van der Waals surface area contributed by atoms with E-state index in [1.165, 1.54) is 38.5 Å². The normalized spacial score (nSPS) is 11.5. The third-order valence-electron chi connectivity index (χ3n) is 3.85. The summed E-state index contributed by atoms with van der Waals surface area (Å²) < 4.78 is 1.01. The van der Waals surface area contributed by atoms with Crippen molar-refractivity contribution in [2.75, 3.05) is 0 Å². The molecule has 1 aromatic carbocycles. The van der Waals surface area contributed by atoms with Gasteiger partial charge < -0.3 is 0 Å². The average Bonchev–Trinajstić information content (AvgIpc) is 2.55. The first-order valence-corrected chi connectivity index (χ1v) is 9.52. The lowest BCUT2D eigenvalue weighted by Crippen LogP contribution is -2.18. The summed E-state index contributed by atoms with van der Waals surface area (Å²) in [6, 6.07) is 7.90. The van der Waals surface area contributed by atoms with E-state index in [9.17, 15) is 4.79 Å². The van der Waals surface area contributed by atoms with Crippen LogP contribution in [0.4, 0.5) is 0 Å². The molecule has 0 aromatic heterocycles. The molecule has 1 N–H and O–H groups in total. The van der Waals surface area contributed by atoms with Crippen LogP contribution in [0.2, 0.25) is 0 Å². The van der Waals surface area contributed by atoms with Gasteiger partial charge in [-0.05, 0) is 31.0 Å². The van der Waals surface area contributed by atoms with Crippen molar-refractivity contribution in [3.63, 3.8) is 0 Å². The number of hydrazone groups is 1. The second kappa shape index (κ2) is 12.3. The van der Waals surface area contributed by atoms with Crippen molar-refractivity contribution < 1.29 is 4.79 Å². The second-order valence-electron chi connectivity index (χ2n) is 5.97. The number of carbonyl (C=O) groups excluding carboxylic acids is 1. The van der Waals surface area contributed by atoms with Crippen molar-refractivity contribution in [1.29, 1.82) is 0 Å². The number of hydrogen-bond acceptors (Lipinski definition) is 2. The highest BCUT2D eigenvalue weighted by atomic mass is 79.9. The molecule has 0 unspecified atom stereocenters. The van der Waals surface area contributed by atoms with Crippen molar-refractivity contribution in [2.24, 2.45) is 5.10 Å². The van der Waals surface area contributed by atoms with Gasteiger partial charge in [-0.1, -0.05) is 79.9 Å². The van der Waals surface area contributed by atoms with Crippen LogP contribution >= 0.6 is 15.9 Å². The predicted octanol–water partition coefficient (Wildman–Crippen LogP) is 5.82. The van der Waals surface area contributed by atoms with Gasteiger partial charge in [0.05, 0.1) is 5.71 Å². The molecule has 1 aromatic rings. The molecule has 0 fully saturated rings. The smallest absolute Gasteiger partial charge is 0.240 e. The van der Waals surface area contributed by atoms with Crippen LogP contribution in [0.1, 0.15) is 77.2 Å². The molecular formula is C19H29BrN2O. The summed E-state index contributed by atoms with van der Waals surface area (Å²) in [5.74, 6) is 0.00493. The molecule has 1 rings (SSSR count). The Labute approximate surface area is 149 Å². The Morgan fingerprint density at radius 2 is 1.74 bits per heavy atom. The van der Waals surface area contributed by atoms with Gasteiger partial charge in [-0.2, -0.15) is 5.10 Å². The summed E-state index contributed by atoms with van der Waals surface area (Å²) in [4.78, 5) is 11.8. The van der Waals surface area contributed by atoms with E-state index in [0.717, 1.165) is 28.6 Å². The van der Waals surface area contributed by atoms with Gasteiger partial charge in [0.25, 0.3) is 0 Å². The van der Waals surface area contributed by atoms with Gasteiger partial charge in [-0.15, -0.1) is 0 Å². The molecule has 23 heavy (non-hydrogen) atoms. The molecule has 0 bridgehead atoms. The van der Waals surface area contributed by atoms with Crippen molar-refractivity contribution in [3.05, 3.63) is 34.3 Å². The maximum Gasteiger partial charge on any atom is 0.240 e.